The lowest BCUT2D eigenvalue weighted by Crippen LogP contribution is -2.58. The Kier molecular flexibility index (Phi) is 25.9. The van der Waals surface area contributed by atoms with E-state index in [9.17, 15) is 28.8 Å². The topological polar surface area (TPSA) is 267 Å². The molecule has 6 heterocycles. The van der Waals surface area contributed by atoms with Crippen LogP contribution >= 0.6 is 0 Å². The molecule has 6 amide bonds. The average Bonchev–Trinajstić information content (AvgIpc) is 1.63. The number of rotatable bonds is 34. The van der Waals surface area contributed by atoms with E-state index in [4.69, 9.17) is 0 Å². The van der Waals surface area contributed by atoms with Gasteiger partial charge >= 0.3 is 0 Å². The molecule has 22 heteroatoms. The van der Waals surface area contributed by atoms with Crippen LogP contribution in [-0.2, 0) is 67.8 Å². The van der Waals surface area contributed by atoms with Crippen molar-refractivity contribution in [1.29, 1.82) is 0 Å². The van der Waals surface area contributed by atoms with Crippen LogP contribution in [0.25, 0.3) is 0 Å². The molecule has 0 saturated carbocycles. The van der Waals surface area contributed by atoms with Gasteiger partial charge in [-0.2, -0.15) is 0 Å². The maximum Gasteiger partial charge on any atom is 0.246 e. The third kappa shape index (κ3) is 18.9. The minimum absolute atomic E-state index is 0.101. The van der Waals surface area contributed by atoms with Crippen LogP contribution < -0.4 is 42.5 Å². The monoisotopic (exact) mass is 1360 g/mol. The molecule has 0 aliphatic carbocycles. The maximum absolute atomic E-state index is 14.8. The molecule has 7 aromatic rings. The lowest BCUT2D eigenvalue weighted by atomic mass is 9.90. The first-order valence-corrected chi connectivity index (χ1v) is 36.5. The van der Waals surface area contributed by atoms with Crippen LogP contribution in [0.4, 0.5) is 0 Å². The van der Waals surface area contributed by atoms with Gasteiger partial charge in [0.1, 0.15) is 35.6 Å². The summed E-state index contributed by atoms with van der Waals surface area (Å²) in [7, 11) is 3.45. The summed E-state index contributed by atoms with van der Waals surface area (Å²) < 4.78 is 3.69. The molecule has 2 aromatic heterocycles. The summed E-state index contributed by atoms with van der Waals surface area (Å²) in [5.41, 5.74) is 7.84. The molecule has 530 valence electrons. The number of benzene rings is 5. The second-order valence-electron chi connectivity index (χ2n) is 27.8. The molecule has 0 radical (unpaired) electrons. The van der Waals surface area contributed by atoms with Crippen molar-refractivity contribution in [3.63, 3.8) is 0 Å². The standard InChI is InChI=1S/C78H102N16O6/c1-53(79-3)73(95)85-71-61(43-45-81-49-57-23-9-5-10-24-57)35-37-63-39-41-67(93(63)77(71)99)75(97)83-69(59-27-13-7-14-28-59)65-51-91(89-87-65)47-19-17-21-55-31-33-56(34-32-55)22-18-20-48-92-52-66(88-90-92)70(60-29-15-8-16-30-60)84-76(98)68-42-40-64-38-36-62(44-46-82-50-58-25-11-6-12-26-58)72(78(100)94(64)68)86-74(96)54(2)80-4/h5-16,23-34,51-54,61-64,67-72,79-82H,17-22,35-50H2,1-4H3,(H,83,97)(H,84,98)(H,85,95)(H,86,96)/t53-,54-,61+,62+,63-,64-,67-,68-,69-,70-,71-,72-/m0/s1. The molecule has 8 N–H and O–H groups in total. The molecule has 11 rings (SSSR count). The van der Waals surface area contributed by atoms with Gasteiger partial charge in [0.15, 0.2) is 0 Å². The van der Waals surface area contributed by atoms with Crippen LogP contribution in [0.2, 0.25) is 0 Å². The number of nitrogens with one attached hydrogen (secondary N) is 8. The van der Waals surface area contributed by atoms with Crippen LogP contribution in [0.5, 0.6) is 0 Å². The third-order valence-electron chi connectivity index (χ3n) is 21.1. The maximum atomic E-state index is 14.8. The van der Waals surface area contributed by atoms with Crippen molar-refractivity contribution < 1.29 is 28.8 Å². The van der Waals surface area contributed by atoms with Crippen molar-refractivity contribution in [3.8, 4) is 0 Å². The molecule has 22 nitrogen and oxygen atoms in total. The first-order chi connectivity index (χ1) is 48.8. The van der Waals surface area contributed by atoms with Crippen LogP contribution in [-0.4, -0.2) is 151 Å². The first kappa shape index (κ1) is 72.3. The Morgan fingerprint density at radius 3 is 1.21 bits per heavy atom. The first-order valence-electron chi connectivity index (χ1n) is 36.5. The highest BCUT2D eigenvalue weighted by Gasteiger charge is 2.50. The van der Waals surface area contributed by atoms with Gasteiger partial charge in [-0.15, -0.1) is 10.2 Å². The Balaban J connectivity index is 0.642. The van der Waals surface area contributed by atoms with Gasteiger partial charge in [-0.3, -0.25) is 38.1 Å². The largest absolute Gasteiger partial charge is 0.343 e. The normalized spacial score (nSPS) is 21.8. The van der Waals surface area contributed by atoms with Crippen LogP contribution in [0.1, 0.15) is 161 Å². The Bertz CT molecular complexity index is 3500. The Morgan fingerprint density at radius 2 is 0.830 bits per heavy atom. The molecule has 12 atom stereocenters. The molecular weight excluding hydrogens is 1260 g/mol. The zero-order chi connectivity index (χ0) is 69.7. The van der Waals surface area contributed by atoms with E-state index >= 15 is 0 Å². The number of aromatic nitrogens is 6. The van der Waals surface area contributed by atoms with Crippen molar-refractivity contribution in [2.24, 2.45) is 11.8 Å². The van der Waals surface area contributed by atoms with E-state index in [2.05, 4.69) is 112 Å². The number of likely N-dealkylation sites (N-methyl/N-ethyl adjacent to an activating group) is 2. The smallest absolute Gasteiger partial charge is 0.246 e. The summed E-state index contributed by atoms with van der Waals surface area (Å²) in [6.45, 7) is 7.66. The van der Waals surface area contributed by atoms with E-state index in [0.29, 0.717) is 89.2 Å². The molecule has 4 saturated heterocycles. The van der Waals surface area contributed by atoms with Gasteiger partial charge in [-0.25, -0.2) is 0 Å². The van der Waals surface area contributed by atoms with Gasteiger partial charge < -0.3 is 52.3 Å². The van der Waals surface area contributed by atoms with Gasteiger partial charge in [0.2, 0.25) is 35.4 Å². The predicted molar refractivity (Wildman–Crippen MR) is 384 cm³/mol. The number of hydrogen-bond acceptors (Lipinski definition) is 14. The highest BCUT2D eigenvalue weighted by molar-refractivity contribution is 5.95. The number of carbonyl (C=O) groups is 6. The van der Waals surface area contributed by atoms with E-state index in [1.54, 1.807) is 37.7 Å². The SMILES string of the molecule is CN[C@@H](C)C(=O)N[C@@H]1C(=O)N2[C@@H](CC[C@@H]1CCNCc1ccccc1)CC[C@H]2C(=O)N[C@@H](c1ccccc1)c1cn(CCCCc2ccc(CCCCn3cc([C@@H](NC(=O)[C@@H]4CC[C@@H]5CC[C@H](CCNCc6ccccc6)[C@H](NC(=O)[C@H](C)NC)C(=O)N54)c4ccccc4)nn3)cc2)nn1. The molecule has 5 aromatic carbocycles. The van der Waals surface area contributed by atoms with Crippen molar-refractivity contribution >= 4 is 35.4 Å². The summed E-state index contributed by atoms with van der Waals surface area (Å²) in [4.78, 5) is 89.4. The number of unbranched alkanes of at least 4 members (excludes halogenated alkanes) is 2. The molecular formula is C78H102N16O6. The molecule has 4 aliphatic rings. The van der Waals surface area contributed by atoms with Gasteiger partial charge in [-0.1, -0.05) is 156 Å². The summed E-state index contributed by atoms with van der Waals surface area (Å²) in [5.74, 6) is -1.58. The molecule has 0 spiro atoms. The highest BCUT2D eigenvalue weighted by atomic mass is 16.2. The number of hydrogen-bond donors (Lipinski definition) is 8. The van der Waals surface area contributed by atoms with Crippen LogP contribution in [0, 0.1) is 11.8 Å². The van der Waals surface area contributed by atoms with Crippen molar-refractivity contribution in [2.45, 2.75) is 203 Å². The van der Waals surface area contributed by atoms with Crippen LogP contribution in [0.3, 0.4) is 0 Å². The van der Waals surface area contributed by atoms with Crippen molar-refractivity contribution in [2.75, 3.05) is 27.2 Å². The van der Waals surface area contributed by atoms with E-state index < -0.39 is 48.3 Å². The zero-order valence-corrected chi connectivity index (χ0v) is 58.5. The number of aryl methyl sites for hydroxylation is 4. The minimum Gasteiger partial charge on any atom is -0.343 e. The highest BCUT2D eigenvalue weighted by Crippen LogP contribution is 2.38. The quantitative estimate of drug-likeness (QED) is 0.0183. The van der Waals surface area contributed by atoms with Crippen molar-refractivity contribution in [3.05, 3.63) is 203 Å². The van der Waals surface area contributed by atoms with Gasteiger partial charge in [-0.05, 0) is 189 Å². The summed E-state index contributed by atoms with van der Waals surface area (Å²) in [6.07, 6.45) is 16.2. The summed E-state index contributed by atoms with van der Waals surface area (Å²) in [5, 5.41) is 44.2. The van der Waals surface area contributed by atoms with Gasteiger partial charge in [0, 0.05) is 38.3 Å². The fourth-order valence-electron chi connectivity index (χ4n) is 15.0. The van der Waals surface area contributed by atoms with E-state index in [0.717, 1.165) is 75.3 Å². The molecule has 4 aliphatic heterocycles. The van der Waals surface area contributed by atoms with Gasteiger partial charge in [0.25, 0.3) is 0 Å². The van der Waals surface area contributed by atoms with Crippen molar-refractivity contribution in [1.82, 2.24) is 82.3 Å². The van der Waals surface area contributed by atoms with E-state index in [-0.39, 0.29) is 59.4 Å². The predicted octanol–water partition coefficient (Wildman–Crippen LogP) is 7.41. The summed E-state index contributed by atoms with van der Waals surface area (Å²) >= 11 is 0. The number of amides is 6. The third-order valence-corrected chi connectivity index (χ3v) is 21.1. The fraction of sp³-hybridized carbons (Fsp3) is 0.487. The summed E-state index contributed by atoms with van der Waals surface area (Å²) in [6, 6.07) is 43.5. The minimum atomic E-state index is -0.762. The molecule has 4 fully saturated rings. The van der Waals surface area contributed by atoms with Crippen LogP contribution in [0.15, 0.2) is 158 Å². The second kappa shape index (κ2) is 35.9. The number of nitrogens with zero attached hydrogens (tertiary/aromatic N) is 8. The fourth-order valence-corrected chi connectivity index (χ4v) is 15.0. The average molecular weight is 1360 g/mol. The molecule has 0 unspecified atom stereocenters. The lowest BCUT2D eigenvalue weighted by Gasteiger charge is -2.33. The number of carbonyl (C=O) groups excluding carboxylic acids is 6. The second-order valence-corrected chi connectivity index (χ2v) is 27.8. The van der Waals surface area contributed by atoms with E-state index in [1.165, 1.54) is 22.3 Å². The Hall–Kier alpha value is -8.96. The Morgan fingerprint density at radius 1 is 0.460 bits per heavy atom. The Labute approximate surface area is 588 Å². The molecule has 0 bridgehead atoms. The van der Waals surface area contributed by atoms with Gasteiger partial charge in [0.05, 0.1) is 36.6 Å². The molecule has 100 heavy (non-hydrogen) atoms. The lowest BCUT2D eigenvalue weighted by molar-refractivity contribution is -0.143. The van der Waals surface area contributed by atoms with E-state index in [1.807, 2.05) is 119 Å². The number of fused-ring (bicyclic) bond motifs is 2. The zero-order valence-electron chi connectivity index (χ0n) is 58.5.